The average molecular weight is 256 g/mol. The van der Waals surface area contributed by atoms with Gasteiger partial charge >= 0.3 is 0 Å². The summed E-state index contributed by atoms with van der Waals surface area (Å²) in [5, 5.41) is 3.42. The quantitative estimate of drug-likeness (QED) is 0.863. The number of pyridine rings is 1. The zero-order chi connectivity index (χ0) is 13.5. The van der Waals surface area contributed by atoms with E-state index in [-0.39, 0.29) is 0 Å². The molecule has 0 saturated carbocycles. The molecule has 1 aromatic heterocycles. The van der Waals surface area contributed by atoms with Crippen LogP contribution in [-0.2, 0) is 19.5 Å². The van der Waals surface area contributed by atoms with Gasteiger partial charge in [-0.2, -0.15) is 0 Å². The smallest absolute Gasteiger partial charge is 0.213 e. The number of nitrogens with one attached hydrogen (secondary N) is 1. The molecule has 0 fully saturated rings. The van der Waals surface area contributed by atoms with Crippen molar-refractivity contribution in [2.45, 2.75) is 26.4 Å². The molecule has 0 atom stereocenters. The third-order valence-electron chi connectivity index (χ3n) is 3.10. The molecule has 1 aromatic carbocycles. The standard InChI is InChI=1S/C16H20N2O/c1-3-13-4-6-14(7-5-13)11-17-12-15-8-9-18-16(10-15)19-2/h4-10,17H,3,11-12H2,1-2H3. The molecule has 0 spiro atoms. The largest absolute Gasteiger partial charge is 0.481 e. The first-order chi connectivity index (χ1) is 9.31. The SMILES string of the molecule is CCc1ccc(CNCc2ccnc(OC)c2)cc1. The summed E-state index contributed by atoms with van der Waals surface area (Å²) in [6.45, 7) is 3.85. The maximum atomic E-state index is 5.11. The van der Waals surface area contributed by atoms with Gasteiger partial charge in [-0.1, -0.05) is 31.2 Å². The number of methoxy groups -OCH3 is 1. The van der Waals surface area contributed by atoms with Crippen LogP contribution in [0.1, 0.15) is 23.6 Å². The Bertz CT molecular complexity index is 508. The first-order valence-corrected chi connectivity index (χ1v) is 6.59. The summed E-state index contributed by atoms with van der Waals surface area (Å²) < 4.78 is 5.11. The fraction of sp³-hybridized carbons (Fsp3) is 0.312. The van der Waals surface area contributed by atoms with Gasteiger partial charge in [-0.3, -0.25) is 0 Å². The number of rotatable bonds is 6. The molecule has 0 unspecified atom stereocenters. The third kappa shape index (κ3) is 4.07. The number of hydrogen-bond acceptors (Lipinski definition) is 3. The molecule has 0 radical (unpaired) electrons. The predicted molar refractivity (Wildman–Crippen MR) is 77.2 cm³/mol. The molecule has 0 bridgehead atoms. The van der Waals surface area contributed by atoms with E-state index in [4.69, 9.17) is 4.74 Å². The number of benzene rings is 1. The van der Waals surface area contributed by atoms with Crippen LogP contribution in [0.5, 0.6) is 5.88 Å². The van der Waals surface area contributed by atoms with Gasteiger partial charge in [-0.25, -0.2) is 4.98 Å². The Kier molecular flexibility index (Phi) is 4.93. The van der Waals surface area contributed by atoms with Gasteiger partial charge in [0.2, 0.25) is 5.88 Å². The molecule has 0 saturated heterocycles. The molecule has 2 rings (SSSR count). The van der Waals surface area contributed by atoms with Gasteiger partial charge in [0.15, 0.2) is 0 Å². The summed E-state index contributed by atoms with van der Waals surface area (Å²) in [7, 11) is 1.63. The van der Waals surface area contributed by atoms with Crippen molar-refractivity contribution in [3.8, 4) is 5.88 Å². The fourth-order valence-electron chi connectivity index (χ4n) is 1.92. The van der Waals surface area contributed by atoms with E-state index >= 15 is 0 Å². The molecule has 3 nitrogen and oxygen atoms in total. The van der Waals surface area contributed by atoms with Crippen LogP contribution in [0.2, 0.25) is 0 Å². The Morgan fingerprint density at radius 1 is 1.00 bits per heavy atom. The van der Waals surface area contributed by atoms with Gasteiger partial charge in [0.1, 0.15) is 0 Å². The van der Waals surface area contributed by atoms with Crippen molar-refractivity contribution < 1.29 is 4.74 Å². The van der Waals surface area contributed by atoms with E-state index < -0.39 is 0 Å². The molecular formula is C16H20N2O. The maximum absolute atomic E-state index is 5.11. The minimum absolute atomic E-state index is 0.659. The van der Waals surface area contributed by atoms with Gasteiger partial charge in [0.05, 0.1) is 7.11 Å². The summed E-state index contributed by atoms with van der Waals surface area (Å²) in [6.07, 6.45) is 2.86. The second-order valence-corrected chi connectivity index (χ2v) is 4.48. The highest BCUT2D eigenvalue weighted by atomic mass is 16.5. The minimum Gasteiger partial charge on any atom is -0.481 e. The van der Waals surface area contributed by atoms with Crippen molar-refractivity contribution in [1.82, 2.24) is 10.3 Å². The third-order valence-corrected chi connectivity index (χ3v) is 3.10. The molecule has 0 aliphatic carbocycles. The van der Waals surface area contributed by atoms with Crippen LogP contribution in [0.3, 0.4) is 0 Å². The van der Waals surface area contributed by atoms with Crippen LogP contribution < -0.4 is 10.1 Å². The van der Waals surface area contributed by atoms with Gasteiger partial charge in [0.25, 0.3) is 0 Å². The number of aryl methyl sites for hydroxylation is 1. The van der Waals surface area contributed by atoms with Gasteiger partial charge < -0.3 is 10.1 Å². The van der Waals surface area contributed by atoms with Crippen LogP contribution in [0.25, 0.3) is 0 Å². The molecule has 0 amide bonds. The number of hydrogen-bond donors (Lipinski definition) is 1. The molecule has 2 aromatic rings. The molecular weight excluding hydrogens is 236 g/mol. The summed E-state index contributed by atoms with van der Waals surface area (Å²) in [5.41, 5.74) is 3.86. The minimum atomic E-state index is 0.659. The van der Waals surface area contributed by atoms with Crippen LogP contribution in [0.4, 0.5) is 0 Å². The Labute approximate surface area is 114 Å². The van der Waals surface area contributed by atoms with E-state index in [1.54, 1.807) is 13.3 Å². The number of aromatic nitrogens is 1. The van der Waals surface area contributed by atoms with Crippen molar-refractivity contribution in [3.63, 3.8) is 0 Å². The highest BCUT2D eigenvalue weighted by Gasteiger charge is 1.98. The lowest BCUT2D eigenvalue weighted by atomic mass is 10.1. The first-order valence-electron chi connectivity index (χ1n) is 6.59. The van der Waals surface area contributed by atoms with Crippen molar-refractivity contribution in [2.24, 2.45) is 0 Å². The van der Waals surface area contributed by atoms with Crippen LogP contribution in [-0.4, -0.2) is 12.1 Å². The van der Waals surface area contributed by atoms with Crippen molar-refractivity contribution in [2.75, 3.05) is 7.11 Å². The fourth-order valence-corrected chi connectivity index (χ4v) is 1.92. The van der Waals surface area contributed by atoms with Gasteiger partial charge in [-0.15, -0.1) is 0 Å². The highest BCUT2D eigenvalue weighted by molar-refractivity contribution is 5.23. The summed E-state index contributed by atoms with van der Waals surface area (Å²) in [6, 6.07) is 12.7. The van der Waals surface area contributed by atoms with E-state index in [0.717, 1.165) is 19.5 Å². The van der Waals surface area contributed by atoms with Crippen molar-refractivity contribution in [3.05, 3.63) is 59.3 Å². The Balaban J connectivity index is 1.85. The molecule has 1 N–H and O–H groups in total. The van der Waals surface area contributed by atoms with E-state index in [9.17, 15) is 0 Å². The van der Waals surface area contributed by atoms with Crippen LogP contribution in [0.15, 0.2) is 42.6 Å². The maximum Gasteiger partial charge on any atom is 0.213 e. The zero-order valence-electron chi connectivity index (χ0n) is 11.5. The zero-order valence-corrected chi connectivity index (χ0v) is 11.5. The summed E-state index contributed by atoms with van der Waals surface area (Å²) >= 11 is 0. The molecule has 1 heterocycles. The first kappa shape index (κ1) is 13.6. The average Bonchev–Trinajstić information content (AvgIpc) is 2.48. The van der Waals surface area contributed by atoms with Gasteiger partial charge in [0, 0.05) is 25.4 Å². The lowest BCUT2D eigenvalue weighted by Crippen LogP contribution is -2.12. The van der Waals surface area contributed by atoms with E-state index in [1.807, 2.05) is 12.1 Å². The van der Waals surface area contributed by atoms with E-state index in [0.29, 0.717) is 5.88 Å². The van der Waals surface area contributed by atoms with Crippen molar-refractivity contribution in [1.29, 1.82) is 0 Å². The Hall–Kier alpha value is -1.87. The summed E-state index contributed by atoms with van der Waals surface area (Å²) in [5.74, 6) is 0.659. The number of ether oxygens (including phenoxy) is 1. The lowest BCUT2D eigenvalue weighted by molar-refractivity contribution is 0.397. The molecule has 0 aliphatic rings. The highest BCUT2D eigenvalue weighted by Crippen LogP contribution is 2.09. The van der Waals surface area contributed by atoms with Crippen LogP contribution in [0, 0.1) is 0 Å². The summed E-state index contributed by atoms with van der Waals surface area (Å²) in [4.78, 5) is 4.09. The second-order valence-electron chi connectivity index (χ2n) is 4.48. The normalized spacial score (nSPS) is 10.4. The molecule has 100 valence electrons. The lowest BCUT2D eigenvalue weighted by Gasteiger charge is -2.07. The van der Waals surface area contributed by atoms with Crippen molar-refractivity contribution >= 4 is 0 Å². The number of nitrogens with zero attached hydrogens (tertiary/aromatic N) is 1. The molecule has 0 aliphatic heterocycles. The predicted octanol–water partition coefficient (Wildman–Crippen LogP) is 2.94. The molecule has 19 heavy (non-hydrogen) atoms. The van der Waals surface area contributed by atoms with Crippen LogP contribution >= 0.6 is 0 Å². The molecule has 3 heteroatoms. The Morgan fingerprint density at radius 2 is 1.68 bits per heavy atom. The van der Waals surface area contributed by atoms with Gasteiger partial charge in [-0.05, 0) is 29.2 Å². The van der Waals surface area contributed by atoms with E-state index in [2.05, 4.69) is 41.5 Å². The van der Waals surface area contributed by atoms with E-state index in [1.165, 1.54) is 16.7 Å². The topological polar surface area (TPSA) is 34.2 Å². The second kappa shape index (κ2) is 6.90. The Morgan fingerprint density at radius 3 is 2.37 bits per heavy atom. The monoisotopic (exact) mass is 256 g/mol.